The zero-order valence-electron chi connectivity index (χ0n) is 13.7. The highest BCUT2D eigenvalue weighted by Crippen LogP contribution is 2.26. The van der Waals surface area contributed by atoms with Crippen molar-refractivity contribution in [3.63, 3.8) is 0 Å². The van der Waals surface area contributed by atoms with Gasteiger partial charge in [0.15, 0.2) is 5.75 Å². The maximum absolute atomic E-state index is 13.5. The van der Waals surface area contributed by atoms with Gasteiger partial charge in [-0.15, -0.1) is 0 Å². The number of nitro benzene ring substituents is 1. The summed E-state index contributed by atoms with van der Waals surface area (Å²) in [6, 6.07) is 13.0. The zero-order chi connectivity index (χ0) is 17.6. The van der Waals surface area contributed by atoms with E-state index in [0.717, 1.165) is 25.2 Å². The fourth-order valence-electron chi connectivity index (χ4n) is 3.06. The van der Waals surface area contributed by atoms with Crippen LogP contribution in [0.1, 0.15) is 11.6 Å². The Morgan fingerprint density at radius 3 is 2.92 bits per heavy atom. The van der Waals surface area contributed by atoms with Gasteiger partial charge in [0.1, 0.15) is 12.4 Å². The van der Waals surface area contributed by atoms with Crippen LogP contribution in [0.5, 0.6) is 5.75 Å². The Kier molecular flexibility index (Phi) is 5.57. The molecule has 1 atom stereocenters. The second-order valence-corrected chi connectivity index (χ2v) is 5.88. The van der Waals surface area contributed by atoms with Crippen LogP contribution in [0.2, 0.25) is 0 Å². The minimum atomic E-state index is -0.449. The van der Waals surface area contributed by atoms with Gasteiger partial charge in [-0.3, -0.25) is 15.0 Å². The van der Waals surface area contributed by atoms with E-state index in [1.165, 1.54) is 12.1 Å². The Labute approximate surface area is 145 Å². The number of hydrogen-bond donors (Lipinski definition) is 1. The summed E-state index contributed by atoms with van der Waals surface area (Å²) in [7, 11) is 0. The van der Waals surface area contributed by atoms with Crippen molar-refractivity contribution >= 4 is 5.69 Å². The number of nitrogens with zero attached hydrogens (tertiary/aromatic N) is 2. The van der Waals surface area contributed by atoms with E-state index in [2.05, 4.69) is 10.2 Å². The van der Waals surface area contributed by atoms with Crippen molar-refractivity contribution in [2.24, 2.45) is 0 Å². The molecule has 1 aliphatic rings. The minimum Gasteiger partial charge on any atom is -0.485 e. The number of ether oxygens (including phenoxy) is 1. The number of nitro groups is 1. The monoisotopic (exact) mass is 345 g/mol. The molecule has 1 heterocycles. The molecule has 1 aliphatic heterocycles. The first-order valence-corrected chi connectivity index (χ1v) is 8.21. The Balaban J connectivity index is 1.64. The van der Waals surface area contributed by atoms with E-state index in [9.17, 15) is 14.5 Å². The fourth-order valence-corrected chi connectivity index (χ4v) is 3.06. The molecule has 25 heavy (non-hydrogen) atoms. The molecular weight excluding hydrogens is 325 g/mol. The van der Waals surface area contributed by atoms with E-state index >= 15 is 0 Å². The molecule has 2 aromatic rings. The molecule has 3 rings (SSSR count). The van der Waals surface area contributed by atoms with Crippen LogP contribution in [-0.2, 0) is 0 Å². The van der Waals surface area contributed by atoms with Gasteiger partial charge in [0, 0.05) is 38.3 Å². The van der Waals surface area contributed by atoms with Crippen molar-refractivity contribution < 1.29 is 14.1 Å². The second-order valence-electron chi connectivity index (χ2n) is 5.88. The van der Waals surface area contributed by atoms with Gasteiger partial charge >= 0.3 is 5.69 Å². The van der Waals surface area contributed by atoms with Crippen molar-refractivity contribution in [1.29, 1.82) is 0 Å². The number of piperazine rings is 1. The Morgan fingerprint density at radius 1 is 1.28 bits per heavy atom. The maximum Gasteiger partial charge on any atom is 0.310 e. The molecule has 1 unspecified atom stereocenters. The average molecular weight is 345 g/mol. The lowest BCUT2D eigenvalue weighted by molar-refractivity contribution is -0.385. The van der Waals surface area contributed by atoms with Crippen molar-refractivity contribution in [3.05, 3.63) is 70.0 Å². The van der Waals surface area contributed by atoms with Crippen LogP contribution in [0.25, 0.3) is 0 Å². The number of nitrogens with one attached hydrogen (secondary N) is 1. The van der Waals surface area contributed by atoms with Gasteiger partial charge in [0.25, 0.3) is 0 Å². The lowest BCUT2D eigenvalue weighted by Crippen LogP contribution is -2.47. The first kappa shape index (κ1) is 17.3. The predicted octanol–water partition coefficient (Wildman–Crippen LogP) is 2.76. The van der Waals surface area contributed by atoms with E-state index in [4.69, 9.17) is 4.74 Å². The highest BCUT2D eigenvalue weighted by atomic mass is 19.1. The van der Waals surface area contributed by atoms with Gasteiger partial charge in [0.05, 0.1) is 4.92 Å². The molecule has 0 aliphatic carbocycles. The summed E-state index contributed by atoms with van der Waals surface area (Å²) in [6.45, 7) is 3.32. The molecule has 6 nitrogen and oxygen atoms in total. The van der Waals surface area contributed by atoms with Crippen molar-refractivity contribution in [2.45, 2.75) is 6.04 Å². The Bertz CT molecular complexity index is 741. The smallest absolute Gasteiger partial charge is 0.310 e. The van der Waals surface area contributed by atoms with Gasteiger partial charge < -0.3 is 10.1 Å². The number of halogens is 1. The minimum absolute atomic E-state index is 0.0375. The summed E-state index contributed by atoms with van der Waals surface area (Å²) >= 11 is 0. The number of para-hydroxylation sites is 2. The predicted molar refractivity (Wildman–Crippen MR) is 92.2 cm³/mol. The summed E-state index contributed by atoms with van der Waals surface area (Å²) in [4.78, 5) is 12.8. The van der Waals surface area contributed by atoms with Crippen molar-refractivity contribution in [2.75, 3.05) is 32.8 Å². The van der Waals surface area contributed by atoms with Gasteiger partial charge in [-0.1, -0.05) is 24.3 Å². The molecular formula is C18H20FN3O3. The number of rotatable bonds is 6. The fraction of sp³-hybridized carbons (Fsp3) is 0.333. The van der Waals surface area contributed by atoms with Crippen molar-refractivity contribution in [1.82, 2.24) is 10.2 Å². The van der Waals surface area contributed by atoms with Crippen LogP contribution < -0.4 is 10.1 Å². The Morgan fingerprint density at radius 2 is 2.12 bits per heavy atom. The normalized spacial score (nSPS) is 18.0. The molecule has 0 spiro atoms. The lowest BCUT2D eigenvalue weighted by Gasteiger charge is -2.36. The number of hydrogen-bond acceptors (Lipinski definition) is 5. The topological polar surface area (TPSA) is 67.6 Å². The SMILES string of the molecule is O=[N+]([O-])c1ccccc1OCCN1CCNCC1c1cccc(F)c1. The van der Waals surface area contributed by atoms with Crippen LogP contribution in [0.3, 0.4) is 0 Å². The summed E-state index contributed by atoms with van der Waals surface area (Å²) in [5.74, 6) is 0.0177. The summed E-state index contributed by atoms with van der Waals surface area (Å²) < 4.78 is 19.1. The van der Waals surface area contributed by atoms with Crippen molar-refractivity contribution in [3.8, 4) is 5.75 Å². The molecule has 1 saturated heterocycles. The van der Waals surface area contributed by atoms with E-state index in [-0.39, 0.29) is 23.3 Å². The third-order valence-corrected chi connectivity index (χ3v) is 4.29. The van der Waals surface area contributed by atoms with E-state index in [1.807, 2.05) is 6.07 Å². The average Bonchev–Trinajstić information content (AvgIpc) is 2.62. The quantitative estimate of drug-likeness (QED) is 0.644. The van der Waals surface area contributed by atoms with Crippen LogP contribution in [0.4, 0.5) is 10.1 Å². The summed E-state index contributed by atoms with van der Waals surface area (Å²) in [5.41, 5.74) is 0.877. The van der Waals surface area contributed by atoms with Crippen LogP contribution in [-0.4, -0.2) is 42.6 Å². The largest absolute Gasteiger partial charge is 0.485 e. The van der Waals surface area contributed by atoms with Gasteiger partial charge in [-0.05, 0) is 23.8 Å². The molecule has 1 fully saturated rings. The standard InChI is InChI=1S/C18H20FN3O3/c19-15-5-3-4-14(12-15)17-13-20-8-9-21(17)10-11-25-18-7-2-1-6-16(18)22(23)24/h1-7,12,17,20H,8-11,13H2. The maximum atomic E-state index is 13.5. The van der Waals surface area contributed by atoms with Gasteiger partial charge in [-0.2, -0.15) is 0 Å². The molecule has 1 N–H and O–H groups in total. The molecule has 0 radical (unpaired) electrons. The number of benzene rings is 2. The lowest BCUT2D eigenvalue weighted by atomic mass is 10.0. The van der Waals surface area contributed by atoms with Crippen LogP contribution in [0, 0.1) is 15.9 Å². The third-order valence-electron chi connectivity index (χ3n) is 4.29. The highest BCUT2D eigenvalue weighted by Gasteiger charge is 2.24. The van der Waals surface area contributed by atoms with E-state index in [1.54, 1.807) is 30.3 Å². The zero-order valence-corrected chi connectivity index (χ0v) is 13.7. The molecule has 132 valence electrons. The van der Waals surface area contributed by atoms with Crippen LogP contribution >= 0.6 is 0 Å². The molecule has 2 aromatic carbocycles. The summed E-state index contributed by atoms with van der Waals surface area (Å²) in [6.07, 6.45) is 0. The molecule has 0 aromatic heterocycles. The van der Waals surface area contributed by atoms with E-state index in [0.29, 0.717) is 13.2 Å². The first-order chi connectivity index (χ1) is 12.1. The highest BCUT2D eigenvalue weighted by molar-refractivity contribution is 5.45. The van der Waals surface area contributed by atoms with Crippen LogP contribution in [0.15, 0.2) is 48.5 Å². The Hall–Kier alpha value is -2.51. The van der Waals surface area contributed by atoms with Gasteiger partial charge in [0.2, 0.25) is 0 Å². The molecule has 0 saturated carbocycles. The van der Waals surface area contributed by atoms with Gasteiger partial charge in [-0.25, -0.2) is 4.39 Å². The third kappa shape index (κ3) is 4.32. The van der Waals surface area contributed by atoms with E-state index < -0.39 is 4.92 Å². The molecule has 7 heteroatoms. The molecule has 0 bridgehead atoms. The molecule has 0 amide bonds. The summed E-state index contributed by atoms with van der Waals surface area (Å²) in [5, 5.41) is 14.3. The first-order valence-electron chi connectivity index (χ1n) is 8.21. The second kappa shape index (κ2) is 8.04.